The number of methoxy groups -OCH3 is 1. The summed E-state index contributed by atoms with van der Waals surface area (Å²) >= 11 is 0. The van der Waals surface area contributed by atoms with E-state index < -0.39 is 0 Å². The van der Waals surface area contributed by atoms with Crippen LogP contribution in [-0.4, -0.2) is 24.1 Å². The van der Waals surface area contributed by atoms with Gasteiger partial charge in [-0.05, 0) is 17.4 Å². The molecule has 86 valence electrons. The van der Waals surface area contributed by atoms with E-state index in [1.54, 1.807) is 7.11 Å². The Morgan fingerprint density at radius 3 is 2.69 bits per heavy atom. The molecule has 0 aliphatic heterocycles. The molecular weight excluding hydrogens is 202 g/mol. The Morgan fingerprint density at radius 1 is 1.38 bits per heavy atom. The van der Waals surface area contributed by atoms with Crippen molar-refractivity contribution in [2.24, 2.45) is 5.16 Å². The fourth-order valence-electron chi connectivity index (χ4n) is 2.45. The van der Waals surface area contributed by atoms with Gasteiger partial charge in [-0.15, -0.1) is 0 Å². The van der Waals surface area contributed by atoms with Crippen LogP contribution in [0.5, 0.6) is 0 Å². The fraction of sp³-hybridized carbons (Fsp3) is 0.462. The van der Waals surface area contributed by atoms with E-state index >= 15 is 0 Å². The number of rotatable bonds is 1. The van der Waals surface area contributed by atoms with E-state index in [-0.39, 0.29) is 11.5 Å². The number of ether oxygens (including phenoxy) is 1. The van der Waals surface area contributed by atoms with Crippen molar-refractivity contribution >= 4 is 5.71 Å². The van der Waals surface area contributed by atoms with Gasteiger partial charge in [0.05, 0.1) is 0 Å². The molecule has 0 saturated carbocycles. The molecule has 0 heterocycles. The van der Waals surface area contributed by atoms with Crippen molar-refractivity contribution < 1.29 is 9.94 Å². The van der Waals surface area contributed by atoms with Crippen LogP contribution in [0.3, 0.4) is 0 Å². The molecule has 16 heavy (non-hydrogen) atoms. The lowest BCUT2D eigenvalue weighted by Crippen LogP contribution is -2.39. The maximum absolute atomic E-state index is 9.12. The van der Waals surface area contributed by atoms with Crippen LogP contribution < -0.4 is 0 Å². The minimum absolute atomic E-state index is 0.0471. The van der Waals surface area contributed by atoms with Gasteiger partial charge in [-0.3, -0.25) is 0 Å². The largest absolute Gasteiger partial charge is 0.411 e. The highest BCUT2D eigenvalue weighted by atomic mass is 16.5. The predicted octanol–water partition coefficient (Wildman–Crippen LogP) is 2.56. The predicted molar refractivity (Wildman–Crippen MR) is 63.2 cm³/mol. The molecule has 1 aliphatic rings. The minimum atomic E-state index is -0.130. The highest BCUT2D eigenvalue weighted by molar-refractivity contribution is 6.06. The summed E-state index contributed by atoms with van der Waals surface area (Å²) in [5, 5.41) is 12.5. The molecule has 0 radical (unpaired) electrons. The number of hydrogen-bond donors (Lipinski definition) is 1. The van der Waals surface area contributed by atoms with Gasteiger partial charge in [0.1, 0.15) is 11.8 Å². The summed E-state index contributed by atoms with van der Waals surface area (Å²) in [5.41, 5.74) is 2.90. The first kappa shape index (κ1) is 11.1. The molecule has 0 aromatic heterocycles. The lowest BCUT2D eigenvalue weighted by molar-refractivity contribution is 0.122. The average molecular weight is 219 g/mol. The standard InChI is InChI=1S/C13H17NO2/c1-13(2)8-11(16-3)12(14-15)9-6-4-5-7-10(9)13/h4-7,11,15H,8H2,1-3H3. The Morgan fingerprint density at radius 2 is 2.06 bits per heavy atom. The van der Waals surface area contributed by atoms with Crippen LogP contribution in [0, 0.1) is 0 Å². The summed E-state index contributed by atoms with van der Waals surface area (Å²) in [5.74, 6) is 0. The summed E-state index contributed by atoms with van der Waals surface area (Å²) in [4.78, 5) is 0. The molecule has 0 bridgehead atoms. The van der Waals surface area contributed by atoms with E-state index in [1.165, 1.54) is 5.56 Å². The average Bonchev–Trinajstić information content (AvgIpc) is 2.28. The fourth-order valence-corrected chi connectivity index (χ4v) is 2.45. The molecule has 0 spiro atoms. The highest BCUT2D eigenvalue weighted by Crippen LogP contribution is 2.37. The van der Waals surface area contributed by atoms with E-state index in [0.29, 0.717) is 5.71 Å². The van der Waals surface area contributed by atoms with Crippen LogP contribution >= 0.6 is 0 Å². The van der Waals surface area contributed by atoms with Crippen molar-refractivity contribution in [1.29, 1.82) is 0 Å². The molecular formula is C13H17NO2. The SMILES string of the molecule is COC1CC(C)(C)c2ccccc2C1=NO. The topological polar surface area (TPSA) is 41.8 Å². The Bertz CT molecular complexity index is 424. The van der Waals surface area contributed by atoms with Crippen molar-refractivity contribution in [3.8, 4) is 0 Å². The van der Waals surface area contributed by atoms with Crippen molar-refractivity contribution in [1.82, 2.24) is 0 Å². The normalized spacial score (nSPS) is 25.4. The van der Waals surface area contributed by atoms with Gasteiger partial charge < -0.3 is 9.94 Å². The Labute approximate surface area is 95.7 Å². The van der Waals surface area contributed by atoms with Gasteiger partial charge in [0, 0.05) is 12.7 Å². The molecule has 1 atom stereocenters. The lowest BCUT2D eigenvalue weighted by Gasteiger charge is -2.37. The second kappa shape index (κ2) is 3.91. The second-order valence-corrected chi connectivity index (χ2v) is 4.84. The number of nitrogens with zero attached hydrogens (tertiary/aromatic N) is 1. The van der Waals surface area contributed by atoms with Crippen LogP contribution in [0.15, 0.2) is 29.4 Å². The van der Waals surface area contributed by atoms with Crippen molar-refractivity contribution in [2.45, 2.75) is 31.8 Å². The molecule has 0 saturated heterocycles. The summed E-state index contributed by atoms with van der Waals surface area (Å²) in [6, 6.07) is 8.05. The molecule has 3 nitrogen and oxygen atoms in total. The molecule has 0 amide bonds. The zero-order valence-corrected chi connectivity index (χ0v) is 9.90. The third-order valence-electron chi connectivity index (χ3n) is 3.33. The molecule has 2 rings (SSSR count). The first-order valence-corrected chi connectivity index (χ1v) is 5.45. The summed E-state index contributed by atoms with van der Waals surface area (Å²) in [6.07, 6.45) is 0.704. The lowest BCUT2D eigenvalue weighted by atomic mass is 9.71. The van der Waals surface area contributed by atoms with Crippen molar-refractivity contribution in [2.75, 3.05) is 7.11 Å². The molecule has 1 aromatic carbocycles. The third kappa shape index (κ3) is 1.61. The Balaban J connectivity index is 2.60. The quantitative estimate of drug-likeness (QED) is 0.582. The maximum atomic E-state index is 9.12. The van der Waals surface area contributed by atoms with Gasteiger partial charge in [0.2, 0.25) is 0 Å². The van der Waals surface area contributed by atoms with E-state index in [4.69, 9.17) is 9.94 Å². The number of hydrogen-bond acceptors (Lipinski definition) is 3. The van der Waals surface area contributed by atoms with Gasteiger partial charge in [0.15, 0.2) is 0 Å². The van der Waals surface area contributed by atoms with E-state index in [2.05, 4.69) is 25.1 Å². The smallest absolute Gasteiger partial charge is 0.116 e. The van der Waals surface area contributed by atoms with Gasteiger partial charge >= 0.3 is 0 Å². The van der Waals surface area contributed by atoms with Crippen molar-refractivity contribution in [3.05, 3.63) is 35.4 Å². The van der Waals surface area contributed by atoms with E-state index in [0.717, 1.165) is 12.0 Å². The molecule has 3 heteroatoms. The number of oxime groups is 1. The number of fused-ring (bicyclic) bond motifs is 1. The summed E-state index contributed by atoms with van der Waals surface area (Å²) in [7, 11) is 1.65. The minimum Gasteiger partial charge on any atom is -0.411 e. The molecule has 1 aromatic rings. The first-order chi connectivity index (χ1) is 7.60. The van der Waals surface area contributed by atoms with Crippen LogP contribution in [0.2, 0.25) is 0 Å². The van der Waals surface area contributed by atoms with Crippen LogP contribution in [0.4, 0.5) is 0 Å². The van der Waals surface area contributed by atoms with E-state index in [1.807, 2.05) is 18.2 Å². The van der Waals surface area contributed by atoms with Crippen LogP contribution in [0.1, 0.15) is 31.4 Å². The maximum Gasteiger partial charge on any atom is 0.116 e. The number of benzene rings is 1. The first-order valence-electron chi connectivity index (χ1n) is 5.45. The molecule has 1 aliphatic carbocycles. The second-order valence-electron chi connectivity index (χ2n) is 4.84. The monoisotopic (exact) mass is 219 g/mol. The molecule has 1 N–H and O–H groups in total. The summed E-state index contributed by atoms with van der Waals surface area (Å²) < 4.78 is 5.40. The zero-order valence-electron chi connectivity index (χ0n) is 9.90. The van der Waals surface area contributed by atoms with Gasteiger partial charge in [-0.2, -0.15) is 0 Å². The Hall–Kier alpha value is -1.35. The molecule has 1 unspecified atom stereocenters. The highest BCUT2D eigenvalue weighted by Gasteiger charge is 2.37. The van der Waals surface area contributed by atoms with Gasteiger partial charge in [0.25, 0.3) is 0 Å². The van der Waals surface area contributed by atoms with Crippen LogP contribution in [-0.2, 0) is 10.2 Å². The zero-order chi connectivity index (χ0) is 11.8. The van der Waals surface area contributed by atoms with E-state index in [9.17, 15) is 0 Å². The van der Waals surface area contributed by atoms with Crippen LogP contribution in [0.25, 0.3) is 0 Å². The van der Waals surface area contributed by atoms with Gasteiger partial charge in [-0.25, -0.2) is 0 Å². The van der Waals surface area contributed by atoms with Gasteiger partial charge in [-0.1, -0.05) is 43.3 Å². The Kier molecular flexibility index (Phi) is 2.72. The molecule has 0 fully saturated rings. The van der Waals surface area contributed by atoms with Crippen molar-refractivity contribution in [3.63, 3.8) is 0 Å². The third-order valence-corrected chi connectivity index (χ3v) is 3.33. The summed E-state index contributed by atoms with van der Waals surface area (Å²) in [6.45, 7) is 4.37.